The average Bonchev–Trinajstić information content (AvgIpc) is 2.77. The van der Waals surface area contributed by atoms with Gasteiger partial charge >= 0.3 is 0 Å². The molecule has 0 aliphatic rings. The molecule has 1 unspecified atom stereocenters. The molecule has 0 N–H and O–H groups in total. The molecule has 0 heterocycles. The molecule has 0 fully saturated rings. The molecular weight excluding hydrogens is 427 g/mol. The number of carbonyl (C=O) groups is 1. The molecule has 4 rings (SSSR count). The number of carbonyl (C=O) groups excluding carboxylic acids is 1. The second-order valence-corrected chi connectivity index (χ2v) is 8.52. The van der Waals surface area contributed by atoms with Crippen molar-refractivity contribution in [2.24, 2.45) is 0 Å². The van der Waals surface area contributed by atoms with E-state index >= 15 is 0 Å². The molecule has 0 aliphatic carbocycles. The summed E-state index contributed by atoms with van der Waals surface area (Å²) in [6.45, 7) is 1.89. The third kappa shape index (κ3) is 5.32. The van der Waals surface area contributed by atoms with Gasteiger partial charge in [0.1, 0.15) is 23.0 Å². The van der Waals surface area contributed by atoms with E-state index in [1.165, 1.54) is 0 Å². The number of hydrogen-bond acceptors (Lipinski definition) is 3. The van der Waals surface area contributed by atoms with Gasteiger partial charge in [0.25, 0.3) is 0 Å². The number of para-hydroxylation sites is 2. The zero-order valence-corrected chi connectivity index (χ0v) is 18.6. The molecule has 0 bridgehead atoms. The van der Waals surface area contributed by atoms with E-state index in [-0.39, 0.29) is 14.1 Å². The fourth-order valence-corrected chi connectivity index (χ4v) is 4.60. The third-order valence-electron chi connectivity index (χ3n) is 4.60. The second kappa shape index (κ2) is 9.78. The van der Waals surface area contributed by atoms with Crippen LogP contribution in [0.4, 0.5) is 0 Å². The van der Waals surface area contributed by atoms with Crippen LogP contribution in [-0.4, -0.2) is 5.52 Å². The molecule has 0 aromatic heterocycles. The first-order valence-electron chi connectivity index (χ1n) is 9.76. The van der Waals surface area contributed by atoms with E-state index in [4.69, 9.17) is 21.1 Å². The van der Waals surface area contributed by atoms with Crippen LogP contribution in [-0.2, 0) is 0 Å². The second-order valence-electron chi connectivity index (χ2n) is 6.87. The van der Waals surface area contributed by atoms with Gasteiger partial charge in [-0.2, -0.15) is 0 Å². The smallest absolute Gasteiger partial charge is 0.187 e. The van der Waals surface area contributed by atoms with Crippen molar-refractivity contribution in [1.29, 1.82) is 0 Å². The van der Waals surface area contributed by atoms with Crippen LogP contribution in [0.3, 0.4) is 0 Å². The predicted molar refractivity (Wildman–Crippen MR) is 128 cm³/mol. The zero-order chi connectivity index (χ0) is 21.6. The summed E-state index contributed by atoms with van der Waals surface area (Å²) in [5.41, 5.74) is 1.38. The van der Waals surface area contributed by atoms with E-state index in [0.29, 0.717) is 27.8 Å². The summed E-state index contributed by atoms with van der Waals surface area (Å²) < 4.78 is 12.1. The number of aryl methyl sites for hydroxylation is 1. The van der Waals surface area contributed by atoms with Crippen molar-refractivity contribution in [1.82, 2.24) is 0 Å². The Hall–Kier alpha value is -3.13. The van der Waals surface area contributed by atoms with Crippen LogP contribution in [0.15, 0.2) is 97.1 Å². The van der Waals surface area contributed by atoms with Gasteiger partial charge in [0.15, 0.2) is 5.52 Å². The molecular formula is C26H20ClO3P. The minimum absolute atomic E-state index is 0.0299. The maximum atomic E-state index is 13.1. The normalized spacial score (nSPS) is 10.9. The van der Waals surface area contributed by atoms with Gasteiger partial charge in [-0.15, -0.1) is 0 Å². The fourth-order valence-electron chi connectivity index (χ4n) is 3.10. The number of hydrogen-bond donors (Lipinski definition) is 0. The van der Waals surface area contributed by atoms with Gasteiger partial charge in [-0.25, -0.2) is 0 Å². The van der Waals surface area contributed by atoms with E-state index in [1.807, 2.05) is 97.9 Å². The summed E-state index contributed by atoms with van der Waals surface area (Å²) >= 11 is 6.31. The van der Waals surface area contributed by atoms with Crippen LogP contribution in [0.2, 0.25) is 5.02 Å². The van der Waals surface area contributed by atoms with Gasteiger partial charge in [-0.1, -0.05) is 60.1 Å². The molecule has 154 valence electrons. The van der Waals surface area contributed by atoms with Gasteiger partial charge in [0, 0.05) is 16.9 Å². The Balaban J connectivity index is 1.66. The van der Waals surface area contributed by atoms with Crippen molar-refractivity contribution in [3.8, 4) is 23.0 Å². The van der Waals surface area contributed by atoms with Crippen LogP contribution in [0, 0.1) is 6.92 Å². The molecule has 3 nitrogen and oxygen atoms in total. The molecule has 0 saturated heterocycles. The highest BCUT2D eigenvalue weighted by Gasteiger charge is 2.17. The average molecular weight is 447 g/mol. The topological polar surface area (TPSA) is 35.5 Å². The van der Waals surface area contributed by atoms with Crippen molar-refractivity contribution < 1.29 is 14.3 Å². The van der Waals surface area contributed by atoms with E-state index in [1.54, 1.807) is 6.07 Å². The van der Waals surface area contributed by atoms with Crippen LogP contribution >= 0.6 is 20.2 Å². The lowest BCUT2D eigenvalue weighted by atomic mass is 10.1. The summed E-state index contributed by atoms with van der Waals surface area (Å²) in [5.74, 6) is 2.63. The Bertz CT molecular complexity index is 1170. The van der Waals surface area contributed by atoms with Crippen molar-refractivity contribution in [2.75, 3.05) is 0 Å². The fraction of sp³-hybridized carbons (Fsp3) is 0.0385. The van der Waals surface area contributed by atoms with E-state index in [2.05, 4.69) is 0 Å². The third-order valence-corrected chi connectivity index (χ3v) is 6.07. The number of benzene rings is 4. The lowest BCUT2D eigenvalue weighted by molar-refractivity contribution is 0.108. The van der Waals surface area contributed by atoms with Gasteiger partial charge in [-0.3, -0.25) is 4.79 Å². The lowest BCUT2D eigenvalue weighted by Gasteiger charge is -2.14. The van der Waals surface area contributed by atoms with Gasteiger partial charge in [-0.05, 0) is 63.5 Å². The maximum absolute atomic E-state index is 13.1. The highest BCUT2D eigenvalue weighted by atomic mass is 35.5. The summed E-state index contributed by atoms with van der Waals surface area (Å²) in [5, 5.41) is 1.25. The largest absolute Gasteiger partial charge is 0.457 e. The monoisotopic (exact) mass is 446 g/mol. The Morgan fingerprint density at radius 1 is 0.742 bits per heavy atom. The first kappa shape index (κ1) is 21.1. The van der Waals surface area contributed by atoms with Crippen molar-refractivity contribution in [3.63, 3.8) is 0 Å². The molecule has 5 heteroatoms. The SMILES string of the molecule is Cc1cccc(Cl)c1C(=O)Pc1ccc(Oc2ccccc2)cc1Oc1ccccc1. The number of rotatable bonds is 7. The molecule has 0 aliphatic heterocycles. The lowest BCUT2D eigenvalue weighted by Crippen LogP contribution is -2.07. The Kier molecular flexibility index (Phi) is 6.66. The Labute approximate surface area is 188 Å². The maximum Gasteiger partial charge on any atom is 0.187 e. The molecule has 4 aromatic rings. The van der Waals surface area contributed by atoms with Crippen LogP contribution in [0.25, 0.3) is 0 Å². The quantitative estimate of drug-likeness (QED) is 0.278. The van der Waals surface area contributed by atoms with Gasteiger partial charge in [0.05, 0.1) is 5.02 Å². The minimum Gasteiger partial charge on any atom is -0.457 e. The molecule has 4 aromatic carbocycles. The van der Waals surface area contributed by atoms with E-state index in [0.717, 1.165) is 16.6 Å². The van der Waals surface area contributed by atoms with E-state index < -0.39 is 0 Å². The van der Waals surface area contributed by atoms with Crippen molar-refractivity contribution >= 4 is 31.0 Å². The van der Waals surface area contributed by atoms with Gasteiger partial charge < -0.3 is 9.47 Å². The summed E-state index contributed by atoms with van der Waals surface area (Å²) in [7, 11) is -0.141. The van der Waals surface area contributed by atoms with Crippen LogP contribution < -0.4 is 14.8 Å². The first-order valence-corrected chi connectivity index (χ1v) is 11.1. The Morgan fingerprint density at radius 2 is 1.39 bits per heavy atom. The van der Waals surface area contributed by atoms with Crippen LogP contribution in [0.1, 0.15) is 15.9 Å². The highest BCUT2D eigenvalue weighted by molar-refractivity contribution is 7.66. The highest BCUT2D eigenvalue weighted by Crippen LogP contribution is 2.34. The van der Waals surface area contributed by atoms with E-state index in [9.17, 15) is 4.79 Å². The van der Waals surface area contributed by atoms with Gasteiger partial charge in [0.2, 0.25) is 0 Å². The summed E-state index contributed by atoms with van der Waals surface area (Å²) in [6, 6.07) is 30.0. The zero-order valence-electron chi connectivity index (χ0n) is 16.8. The summed E-state index contributed by atoms with van der Waals surface area (Å²) in [4.78, 5) is 13.1. The molecule has 1 atom stereocenters. The minimum atomic E-state index is -0.141. The number of halogens is 1. The molecule has 0 spiro atoms. The Morgan fingerprint density at radius 3 is 2.03 bits per heavy atom. The molecule has 31 heavy (non-hydrogen) atoms. The molecule has 0 amide bonds. The van der Waals surface area contributed by atoms with Crippen LogP contribution in [0.5, 0.6) is 23.0 Å². The summed E-state index contributed by atoms with van der Waals surface area (Å²) in [6.07, 6.45) is 0. The first-order chi connectivity index (χ1) is 15.1. The molecule has 0 saturated carbocycles. The predicted octanol–water partition coefficient (Wildman–Crippen LogP) is 7.38. The number of ether oxygens (including phenoxy) is 2. The standard InChI is InChI=1S/C26H20ClO3P/c1-18-9-8-14-22(27)25(18)26(28)31-24-16-15-21(29-19-10-4-2-5-11-19)17-23(24)30-20-12-6-3-7-13-20/h2-17,31H,1H3. The van der Waals surface area contributed by atoms with Crippen molar-refractivity contribution in [3.05, 3.63) is 113 Å². The van der Waals surface area contributed by atoms with Crippen molar-refractivity contribution in [2.45, 2.75) is 6.92 Å². The molecule has 0 radical (unpaired) electrons.